The predicted molar refractivity (Wildman–Crippen MR) is 82.0 cm³/mol. The number of nitrogens with zero attached hydrogens (tertiary/aromatic N) is 1. The third-order valence-electron chi connectivity index (χ3n) is 2.63. The Morgan fingerprint density at radius 2 is 2.19 bits per heavy atom. The average Bonchev–Trinajstić information content (AvgIpc) is 2.78. The Balaban J connectivity index is 2.27. The number of rotatable bonds is 5. The molecule has 2 rings (SSSR count). The number of benzene rings is 1. The highest BCUT2D eigenvalue weighted by Gasteiger charge is 2.19. The maximum atomic E-state index is 12.3. The molecule has 0 saturated carbocycles. The Morgan fingerprint density at radius 1 is 1.48 bits per heavy atom. The highest BCUT2D eigenvalue weighted by Crippen LogP contribution is 2.26. The van der Waals surface area contributed by atoms with Crippen molar-refractivity contribution in [2.45, 2.75) is 18.2 Å². The maximum absolute atomic E-state index is 12.3. The molecule has 1 aromatic heterocycles. The second-order valence-corrected chi connectivity index (χ2v) is 7.42. The van der Waals surface area contributed by atoms with Crippen LogP contribution in [-0.2, 0) is 21.2 Å². The van der Waals surface area contributed by atoms with E-state index in [2.05, 4.69) is 9.71 Å². The summed E-state index contributed by atoms with van der Waals surface area (Å²) in [4.78, 5) is 15.4. The molecule has 0 bridgehead atoms. The Kier molecular flexibility index (Phi) is 4.50. The maximum Gasteiger partial charge on any atom is 0.263 e. The summed E-state index contributed by atoms with van der Waals surface area (Å²) in [5, 5.41) is 0.539. The van der Waals surface area contributed by atoms with Crippen molar-refractivity contribution in [1.29, 1.82) is 0 Å². The van der Waals surface area contributed by atoms with Crippen molar-refractivity contribution < 1.29 is 13.2 Å². The molecule has 9 heteroatoms. The van der Waals surface area contributed by atoms with E-state index in [4.69, 9.17) is 17.3 Å². The van der Waals surface area contributed by atoms with Crippen LogP contribution in [0.25, 0.3) is 0 Å². The molecule has 0 atom stereocenters. The largest absolute Gasteiger partial charge is 0.369 e. The zero-order chi connectivity index (χ0) is 15.6. The summed E-state index contributed by atoms with van der Waals surface area (Å²) in [6, 6.07) is 4.63. The van der Waals surface area contributed by atoms with Gasteiger partial charge in [-0.05, 0) is 24.6 Å². The van der Waals surface area contributed by atoms with Gasteiger partial charge >= 0.3 is 0 Å². The van der Waals surface area contributed by atoms with E-state index in [0.29, 0.717) is 15.5 Å². The number of sulfonamides is 1. The van der Waals surface area contributed by atoms with Gasteiger partial charge in [0.25, 0.3) is 10.0 Å². The van der Waals surface area contributed by atoms with Crippen molar-refractivity contribution in [1.82, 2.24) is 4.98 Å². The second-order valence-electron chi connectivity index (χ2n) is 4.24. The molecule has 0 aliphatic carbocycles. The lowest BCUT2D eigenvalue weighted by atomic mass is 10.2. The number of carbonyl (C=O) groups is 1. The molecule has 0 spiro atoms. The van der Waals surface area contributed by atoms with E-state index in [1.54, 1.807) is 19.1 Å². The third kappa shape index (κ3) is 3.72. The van der Waals surface area contributed by atoms with Gasteiger partial charge in [0.15, 0.2) is 5.13 Å². The van der Waals surface area contributed by atoms with Gasteiger partial charge in [0.2, 0.25) is 5.91 Å². The minimum absolute atomic E-state index is 0.0234. The standard InChI is InChI=1S/C12H12ClN3O3S2/c1-7-9(13)3-2-4-10(7)21(18,19)16-12-15-6-8(20-12)5-11(14)17/h2-4,6H,5H2,1H3,(H2,14,17)(H,15,16). The van der Waals surface area contributed by atoms with Crippen LogP contribution in [0.4, 0.5) is 5.13 Å². The van der Waals surface area contributed by atoms with Crippen LogP contribution >= 0.6 is 22.9 Å². The van der Waals surface area contributed by atoms with Crippen molar-refractivity contribution in [3.8, 4) is 0 Å². The number of primary amides is 1. The number of halogens is 1. The van der Waals surface area contributed by atoms with Crippen LogP contribution in [0.1, 0.15) is 10.4 Å². The highest BCUT2D eigenvalue weighted by molar-refractivity contribution is 7.93. The first-order valence-corrected chi connectivity index (χ1v) is 8.48. The summed E-state index contributed by atoms with van der Waals surface area (Å²) in [6.07, 6.45) is 1.44. The zero-order valence-electron chi connectivity index (χ0n) is 11.0. The number of amides is 1. The topological polar surface area (TPSA) is 102 Å². The number of aromatic nitrogens is 1. The predicted octanol–water partition coefficient (Wildman–Crippen LogP) is 1.93. The van der Waals surface area contributed by atoms with E-state index < -0.39 is 15.9 Å². The van der Waals surface area contributed by atoms with E-state index in [0.717, 1.165) is 11.3 Å². The highest BCUT2D eigenvalue weighted by atomic mass is 35.5. The normalized spacial score (nSPS) is 11.3. The minimum Gasteiger partial charge on any atom is -0.369 e. The van der Waals surface area contributed by atoms with Gasteiger partial charge in [0, 0.05) is 16.1 Å². The number of nitrogens with one attached hydrogen (secondary N) is 1. The van der Waals surface area contributed by atoms with Crippen LogP contribution in [0.2, 0.25) is 5.02 Å². The monoisotopic (exact) mass is 345 g/mol. The zero-order valence-corrected chi connectivity index (χ0v) is 13.3. The fourth-order valence-corrected chi connectivity index (χ4v) is 4.22. The van der Waals surface area contributed by atoms with Gasteiger partial charge in [-0.15, -0.1) is 11.3 Å². The van der Waals surface area contributed by atoms with Crippen LogP contribution in [0, 0.1) is 6.92 Å². The summed E-state index contributed by atoms with van der Waals surface area (Å²) >= 11 is 6.99. The van der Waals surface area contributed by atoms with Gasteiger partial charge in [-0.25, -0.2) is 13.4 Å². The van der Waals surface area contributed by atoms with Crippen molar-refractivity contribution in [3.05, 3.63) is 39.9 Å². The van der Waals surface area contributed by atoms with Crippen molar-refractivity contribution in [2.75, 3.05) is 4.72 Å². The molecule has 112 valence electrons. The third-order valence-corrected chi connectivity index (χ3v) is 5.57. The lowest BCUT2D eigenvalue weighted by Gasteiger charge is -2.09. The van der Waals surface area contributed by atoms with E-state index in [9.17, 15) is 13.2 Å². The average molecular weight is 346 g/mol. The Labute approximate surface area is 131 Å². The fraction of sp³-hybridized carbons (Fsp3) is 0.167. The summed E-state index contributed by atoms with van der Waals surface area (Å²) in [7, 11) is -3.78. The van der Waals surface area contributed by atoms with Crippen LogP contribution in [-0.4, -0.2) is 19.3 Å². The Bertz CT molecular complexity index is 787. The van der Waals surface area contributed by atoms with Gasteiger partial charge in [-0.1, -0.05) is 17.7 Å². The summed E-state index contributed by atoms with van der Waals surface area (Å²) in [5.41, 5.74) is 5.53. The smallest absolute Gasteiger partial charge is 0.263 e. The van der Waals surface area contributed by atoms with Crippen LogP contribution in [0.3, 0.4) is 0 Å². The summed E-state index contributed by atoms with van der Waals surface area (Å²) in [6.45, 7) is 1.62. The second kappa shape index (κ2) is 6.00. The van der Waals surface area contributed by atoms with Crippen LogP contribution in [0.15, 0.2) is 29.3 Å². The number of thiazole rings is 1. The van der Waals surface area contributed by atoms with E-state index in [-0.39, 0.29) is 16.4 Å². The van der Waals surface area contributed by atoms with Gasteiger partial charge < -0.3 is 5.73 Å². The molecule has 6 nitrogen and oxygen atoms in total. The molecule has 3 N–H and O–H groups in total. The molecule has 0 aliphatic heterocycles. The first-order valence-electron chi connectivity index (χ1n) is 5.80. The van der Waals surface area contributed by atoms with E-state index in [1.807, 2.05) is 0 Å². The quantitative estimate of drug-likeness (QED) is 0.864. The number of hydrogen-bond acceptors (Lipinski definition) is 5. The lowest BCUT2D eigenvalue weighted by Crippen LogP contribution is -2.14. The first kappa shape index (κ1) is 15.7. The SMILES string of the molecule is Cc1c(Cl)cccc1S(=O)(=O)Nc1ncc(CC(N)=O)s1. The van der Waals surface area contributed by atoms with E-state index in [1.165, 1.54) is 12.3 Å². The first-order chi connectivity index (χ1) is 9.79. The Hall–Kier alpha value is -1.64. The molecular formula is C12H12ClN3O3S2. The van der Waals surface area contributed by atoms with E-state index >= 15 is 0 Å². The van der Waals surface area contributed by atoms with Crippen LogP contribution < -0.4 is 10.5 Å². The molecule has 0 radical (unpaired) electrons. The lowest BCUT2D eigenvalue weighted by molar-refractivity contribution is -0.117. The van der Waals surface area contributed by atoms with Crippen molar-refractivity contribution in [3.63, 3.8) is 0 Å². The van der Waals surface area contributed by atoms with Gasteiger partial charge in [0.05, 0.1) is 11.3 Å². The summed E-state index contributed by atoms with van der Waals surface area (Å²) in [5.74, 6) is -0.501. The molecule has 2 aromatic rings. The molecule has 1 aromatic carbocycles. The molecule has 0 unspecified atom stereocenters. The molecule has 0 aliphatic rings. The van der Waals surface area contributed by atoms with Crippen molar-refractivity contribution >= 4 is 44.0 Å². The molecule has 1 amide bonds. The van der Waals surface area contributed by atoms with Gasteiger partial charge in [-0.2, -0.15) is 0 Å². The molecule has 21 heavy (non-hydrogen) atoms. The molecule has 1 heterocycles. The molecular weight excluding hydrogens is 334 g/mol. The molecule has 0 saturated heterocycles. The fourth-order valence-electron chi connectivity index (χ4n) is 1.66. The number of hydrogen-bond donors (Lipinski definition) is 2. The van der Waals surface area contributed by atoms with Crippen molar-refractivity contribution in [2.24, 2.45) is 5.73 Å². The van der Waals surface area contributed by atoms with Gasteiger partial charge in [0.1, 0.15) is 0 Å². The Morgan fingerprint density at radius 3 is 2.86 bits per heavy atom. The minimum atomic E-state index is -3.78. The number of anilines is 1. The summed E-state index contributed by atoms with van der Waals surface area (Å²) < 4.78 is 27.0. The molecule has 0 fully saturated rings. The number of nitrogens with two attached hydrogens (primary N) is 1. The number of carbonyl (C=O) groups excluding carboxylic acids is 1. The van der Waals surface area contributed by atoms with Crippen LogP contribution in [0.5, 0.6) is 0 Å². The van der Waals surface area contributed by atoms with Gasteiger partial charge in [-0.3, -0.25) is 9.52 Å².